The molecule has 8 nitrogen and oxygen atoms in total. The zero-order valence-corrected chi connectivity index (χ0v) is 10.9. The summed E-state index contributed by atoms with van der Waals surface area (Å²) in [5.74, 6) is -0.543. The van der Waals surface area contributed by atoms with Crippen LogP contribution >= 0.6 is 0 Å². The molecule has 2 N–H and O–H groups in total. The molecular weight excluding hydrogens is 252 g/mol. The van der Waals surface area contributed by atoms with Crippen molar-refractivity contribution < 1.29 is 14.8 Å². The van der Waals surface area contributed by atoms with Crippen molar-refractivity contribution in [2.75, 3.05) is 6.54 Å². The Kier molecular flexibility index (Phi) is 5.43. The van der Waals surface area contributed by atoms with E-state index >= 15 is 0 Å². The van der Waals surface area contributed by atoms with E-state index in [2.05, 4.69) is 10.4 Å². The zero-order valence-electron chi connectivity index (χ0n) is 10.9. The second kappa shape index (κ2) is 6.83. The predicted molar refractivity (Wildman–Crippen MR) is 67.4 cm³/mol. The van der Waals surface area contributed by atoms with E-state index < -0.39 is 11.0 Å². The third-order valence-corrected chi connectivity index (χ3v) is 2.93. The van der Waals surface area contributed by atoms with Crippen LogP contribution in [-0.4, -0.2) is 38.4 Å². The fourth-order valence-electron chi connectivity index (χ4n) is 1.43. The molecule has 0 saturated heterocycles. The van der Waals surface area contributed by atoms with E-state index in [1.54, 1.807) is 0 Å². The zero-order chi connectivity index (χ0) is 14.4. The van der Waals surface area contributed by atoms with Crippen LogP contribution in [0.5, 0.6) is 0 Å². The summed E-state index contributed by atoms with van der Waals surface area (Å²) in [7, 11) is 0. The third-order valence-electron chi connectivity index (χ3n) is 2.93. The van der Waals surface area contributed by atoms with Crippen LogP contribution in [0.4, 0.5) is 5.82 Å². The standard InChI is InChI=1S/C11H18N4O4/c1-3-8(2)9(16)6-12-11(17)7-14-5-4-10(13-14)15(18)19/h4-5,8-9,16H,3,6-7H2,1-2H3,(H,12,17). The summed E-state index contributed by atoms with van der Waals surface area (Å²) in [6, 6.07) is 1.22. The molecule has 0 saturated carbocycles. The summed E-state index contributed by atoms with van der Waals surface area (Å²) >= 11 is 0. The molecule has 1 rings (SSSR count). The van der Waals surface area contributed by atoms with E-state index in [0.29, 0.717) is 0 Å². The highest BCUT2D eigenvalue weighted by molar-refractivity contribution is 5.75. The van der Waals surface area contributed by atoms with E-state index in [9.17, 15) is 20.0 Å². The maximum atomic E-state index is 11.6. The molecule has 19 heavy (non-hydrogen) atoms. The van der Waals surface area contributed by atoms with Crippen LogP contribution in [0.15, 0.2) is 12.3 Å². The molecule has 106 valence electrons. The van der Waals surface area contributed by atoms with Crippen LogP contribution in [0.2, 0.25) is 0 Å². The number of aromatic nitrogens is 2. The number of hydrogen-bond acceptors (Lipinski definition) is 5. The lowest BCUT2D eigenvalue weighted by Crippen LogP contribution is -2.37. The number of aliphatic hydroxyl groups is 1. The lowest BCUT2D eigenvalue weighted by molar-refractivity contribution is -0.389. The van der Waals surface area contributed by atoms with Gasteiger partial charge in [0.2, 0.25) is 5.91 Å². The smallest absolute Gasteiger partial charge is 0.389 e. The van der Waals surface area contributed by atoms with Crippen LogP contribution in [0.3, 0.4) is 0 Å². The molecule has 1 amide bonds. The largest absolute Gasteiger partial charge is 0.391 e. The fourth-order valence-corrected chi connectivity index (χ4v) is 1.43. The van der Waals surface area contributed by atoms with Gasteiger partial charge in [-0.25, -0.2) is 0 Å². The van der Waals surface area contributed by atoms with Crippen molar-refractivity contribution in [1.29, 1.82) is 0 Å². The van der Waals surface area contributed by atoms with Gasteiger partial charge < -0.3 is 20.5 Å². The normalized spacial score (nSPS) is 13.8. The molecule has 0 radical (unpaired) electrons. The molecule has 0 aliphatic rings. The molecule has 1 aromatic rings. The minimum atomic E-state index is -0.624. The van der Waals surface area contributed by atoms with Gasteiger partial charge in [0.05, 0.1) is 23.5 Å². The monoisotopic (exact) mass is 270 g/mol. The topological polar surface area (TPSA) is 110 Å². The number of carbonyl (C=O) groups excluding carboxylic acids is 1. The Morgan fingerprint density at radius 1 is 1.68 bits per heavy atom. The molecule has 1 heterocycles. The summed E-state index contributed by atoms with van der Waals surface area (Å²) in [5.41, 5.74) is 0. The lowest BCUT2D eigenvalue weighted by atomic mass is 10.0. The molecule has 2 unspecified atom stereocenters. The van der Waals surface area contributed by atoms with E-state index in [1.807, 2.05) is 13.8 Å². The first-order chi connectivity index (χ1) is 8.93. The Balaban J connectivity index is 2.40. The van der Waals surface area contributed by atoms with E-state index in [-0.39, 0.29) is 30.7 Å². The molecule has 2 atom stereocenters. The number of nitrogens with zero attached hydrogens (tertiary/aromatic N) is 3. The van der Waals surface area contributed by atoms with Crippen molar-refractivity contribution in [3.05, 3.63) is 22.4 Å². The first-order valence-corrected chi connectivity index (χ1v) is 6.06. The van der Waals surface area contributed by atoms with Gasteiger partial charge in [0.25, 0.3) is 0 Å². The Hall–Kier alpha value is -1.96. The maximum Gasteiger partial charge on any atom is 0.389 e. The molecule has 8 heteroatoms. The minimum Gasteiger partial charge on any atom is -0.391 e. The number of nitro groups is 1. The molecule has 0 aromatic carbocycles. The predicted octanol–water partition coefficient (Wildman–Crippen LogP) is 0.314. The summed E-state index contributed by atoms with van der Waals surface area (Å²) in [6.45, 7) is 3.91. The van der Waals surface area contributed by atoms with Crippen molar-refractivity contribution in [3.63, 3.8) is 0 Å². The fraction of sp³-hybridized carbons (Fsp3) is 0.636. The maximum absolute atomic E-state index is 11.6. The van der Waals surface area contributed by atoms with E-state index in [0.717, 1.165) is 6.42 Å². The Labute approximate surface area is 110 Å². The molecule has 0 bridgehead atoms. The molecule has 0 spiro atoms. The first-order valence-electron chi connectivity index (χ1n) is 6.06. The molecule has 0 fully saturated rings. The van der Waals surface area contributed by atoms with Gasteiger partial charge in [0.1, 0.15) is 6.54 Å². The third kappa shape index (κ3) is 4.66. The van der Waals surface area contributed by atoms with Crippen molar-refractivity contribution in [3.8, 4) is 0 Å². The van der Waals surface area contributed by atoms with Crippen LogP contribution in [0.25, 0.3) is 0 Å². The Morgan fingerprint density at radius 3 is 2.89 bits per heavy atom. The second-order valence-corrected chi connectivity index (χ2v) is 4.39. The summed E-state index contributed by atoms with van der Waals surface area (Å²) in [5, 5.41) is 26.3. The Bertz CT molecular complexity index is 446. The van der Waals surface area contributed by atoms with Crippen molar-refractivity contribution in [1.82, 2.24) is 15.1 Å². The highest BCUT2D eigenvalue weighted by atomic mass is 16.6. The van der Waals surface area contributed by atoms with Crippen LogP contribution in [-0.2, 0) is 11.3 Å². The van der Waals surface area contributed by atoms with Crippen molar-refractivity contribution in [2.24, 2.45) is 5.92 Å². The highest BCUT2D eigenvalue weighted by Crippen LogP contribution is 2.06. The van der Waals surface area contributed by atoms with Crippen LogP contribution in [0.1, 0.15) is 20.3 Å². The number of amides is 1. The minimum absolute atomic E-state index is 0.103. The molecular formula is C11H18N4O4. The van der Waals surface area contributed by atoms with Crippen molar-refractivity contribution in [2.45, 2.75) is 32.9 Å². The SMILES string of the molecule is CCC(C)C(O)CNC(=O)Cn1ccc([N+](=O)[O-])n1. The summed E-state index contributed by atoms with van der Waals surface area (Å²) < 4.78 is 1.18. The number of carbonyl (C=O) groups is 1. The molecule has 1 aromatic heterocycles. The van der Waals surface area contributed by atoms with Gasteiger partial charge in [-0.15, -0.1) is 0 Å². The van der Waals surface area contributed by atoms with E-state index in [1.165, 1.54) is 16.9 Å². The van der Waals surface area contributed by atoms with Gasteiger partial charge in [-0.05, 0) is 10.8 Å². The van der Waals surface area contributed by atoms with Gasteiger partial charge in [-0.1, -0.05) is 20.3 Å². The second-order valence-electron chi connectivity index (χ2n) is 4.39. The van der Waals surface area contributed by atoms with Gasteiger partial charge in [0, 0.05) is 6.54 Å². The van der Waals surface area contributed by atoms with Gasteiger partial charge in [0.15, 0.2) is 0 Å². The van der Waals surface area contributed by atoms with Gasteiger partial charge in [-0.3, -0.25) is 4.79 Å². The molecule has 0 aliphatic carbocycles. The number of aliphatic hydroxyl groups excluding tert-OH is 1. The summed E-state index contributed by atoms with van der Waals surface area (Å²) in [6.07, 6.45) is 1.59. The first kappa shape index (κ1) is 15.1. The Morgan fingerprint density at radius 2 is 2.37 bits per heavy atom. The average molecular weight is 270 g/mol. The number of rotatable bonds is 7. The number of nitrogens with one attached hydrogen (secondary N) is 1. The quantitative estimate of drug-likeness (QED) is 0.547. The highest BCUT2D eigenvalue weighted by Gasteiger charge is 2.16. The van der Waals surface area contributed by atoms with Crippen molar-refractivity contribution >= 4 is 11.7 Å². The number of hydrogen-bond donors (Lipinski definition) is 2. The lowest BCUT2D eigenvalue weighted by Gasteiger charge is -2.17. The van der Waals surface area contributed by atoms with Crippen LogP contribution in [0, 0.1) is 16.0 Å². The molecule has 0 aliphatic heterocycles. The van der Waals surface area contributed by atoms with Gasteiger partial charge in [-0.2, -0.15) is 4.68 Å². The summed E-state index contributed by atoms with van der Waals surface area (Å²) in [4.78, 5) is 21.3. The average Bonchev–Trinajstić information content (AvgIpc) is 2.83. The van der Waals surface area contributed by atoms with Crippen LogP contribution < -0.4 is 5.32 Å². The van der Waals surface area contributed by atoms with Gasteiger partial charge >= 0.3 is 5.82 Å². The van der Waals surface area contributed by atoms with E-state index in [4.69, 9.17) is 0 Å².